The van der Waals surface area contributed by atoms with Gasteiger partial charge in [-0.1, -0.05) is 37.8 Å². The maximum absolute atomic E-state index is 13.1. The van der Waals surface area contributed by atoms with Crippen LogP contribution in [0.2, 0.25) is 0 Å². The van der Waals surface area contributed by atoms with E-state index in [0.717, 1.165) is 17.4 Å². The average Bonchev–Trinajstić information content (AvgIpc) is 2.65. The Balaban J connectivity index is 2.36. The Morgan fingerprint density at radius 3 is 2.59 bits per heavy atom. The van der Waals surface area contributed by atoms with Crippen LogP contribution in [-0.2, 0) is 14.8 Å². The van der Waals surface area contributed by atoms with Crippen molar-refractivity contribution in [3.8, 4) is 5.75 Å². The van der Waals surface area contributed by atoms with E-state index in [0.29, 0.717) is 30.2 Å². The smallest absolute Gasteiger partial charge is 0.248 e. The molecular weight excluding hydrogens is 388 g/mol. The third-order valence-corrected chi connectivity index (χ3v) is 5.57. The van der Waals surface area contributed by atoms with Crippen molar-refractivity contribution in [3.05, 3.63) is 66.2 Å². The molecule has 29 heavy (non-hydrogen) atoms. The van der Waals surface area contributed by atoms with E-state index in [1.54, 1.807) is 43.3 Å². The van der Waals surface area contributed by atoms with E-state index in [-0.39, 0.29) is 0 Å². The largest absolute Gasteiger partial charge is 0.489 e. The second-order valence-corrected chi connectivity index (χ2v) is 8.75. The van der Waals surface area contributed by atoms with E-state index in [1.165, 1.54) is 4.31 Å². The molecule has 0 aliphatic rings. The number of nitrogens with one attached hydrogen (secondary N) is 1. The Labute approximate surface area is 173 Å². The summed E-state index contributed by atoms with van der Waals surface area (Å²) >= 11 is 0. The van der Waals surface area contributed by atoms with E-state index in [2.05, 4.69) is 11.9 Å². The van der Waals surface area contributed by atoms with Crippen molar-refractivity contribution >= 4 is 27.3 Å². The van der Waals surface area contributed by atoms with Crippen LogP contribution in [-0.4, -0.2) is 33.2 Å². The number of carbonyl (C=O) groups is 1. The van der Waals surface area contributed by atoms with Crippen LogP contribution in [0.3, 0.4) is 0 Å². The van der Waals surface area contributed by atoms with Crippen LogP contribution in [0.4, 0.5) is 11.4 Å². The molecule has 1 amide bonds. The fraction of sp³-hybridized carbons (Fsp3) is 0.318. The Bertz CT molecular complexity index is 986. The quantitative estimate of drug-likeness (QED) is 0.626. The molecule has 0 aliphatic heterocycles. The number of ether oxygens (including phenoxy) is 1. The fourth-order valence-corrected chi connectivity index (χ4v) is 4.30. The minimum absolute atomic E-state index is 0.318. The lowest BCUT2D eigenvalue weighted by atomic mass is 10.1. The predicted octanol–water partition coefficient (Wildman–Crippen LogP) is 4.05. The van der Waals surface area contributed by atoms with E-state index in [1.807, 2.05) is 26.0 Å². The van der Waals surface area contributed by atoms with Crippen molar-refractivity contribution in [2.45, 2.75) is 33.2 Å². The maximum Gasteiger partial charge on any atom is 0.248 e. The van der Waals surface area contributed by atoms with E-state index < -0.39 is 22.0 Å². The number of anilines is 2. The second-order valence-electron chi connectivity index (χ2n) is 6.89. The number of hydrogen-bond acceptors (Lipinski definition) is 4. The Morgan fingerprint density at radius 2 is 1.97 bits per heavy atom. The Hall–Kier alpha value is -2.80. The molecule has 0 radical (unpaired) electrons. The Morgan fingerprint density at radius 1 is 1.24 bits per heavy atom. The van der Waals surface area contributed by atoms with Gasteiger partial charge in [0.25, 0.3) is 0 Å². The summed E-state index contributed by atoms with van der Waals surface area (Å²) in [6, 6.07) is 11.6. The summed E-state index contributed by atoms with van der Waals surface area (Å²) in [7, 11) is -3.69. The van der Waals surface area contributed by atoms with Gasteiger partial charge in [-0.25, -0.2) is 8.42 Å². The zero-order valence-corrected chi connectivity index (χ0v) is 18.1. The SMILES string of the molecule is C=CCOc1cccc(NC(=O)[C@@H](CC)N(c2cc(C)ccc2C)S(C)(=O)=O)c1. The third-order valence-electron chi connectivity index (χ3n) is 4.40. The zero-order chi connectivity index (χ0) is 21.6. The monoisotopic (exact) mass is 416 g/mol. The van der Waals surface area contributed by atoms with Crippen molar-refractivity contribution in [2.24, 2.45) is 0 Å². The van der Waals surface area contributed by atoms with Gasteiger partial charge >= 0.3 is 0 Å². The van der Waals surface area contributed by atoms with E-state index in [4.69, 9.17) is 4.74 Å². The number of aryl methyl sites for hydroxylation is 2. The van der Waals surface area contributed by atoms with Crippen molar-refractivity contribution in [1.29, 1.82) is 0 Å². The first-order valence-corrected chi connectivity index (χ1v) is 11.2. The molecule has 0 unspecified atom stereocenters. The maximum atomic E-state index is 13.1. The molecule has 0 bridgehead atoms. The van der Waals surface area contributed by atoms with Crippen LogP contribution in [0, 0.1) is 13.8 Å². The van der Waals surface area contributed by atoms with Gasteiger partial charge in [0.2, 0.25) is 15.9 Å². The number of amides is 1. The minimum Gasteiger partial charge on any atom is -0.489 e. The van der Waals surface area contributed by atoms with Crippen LogP contribution in [0.5, 0.6) is 5.75 Å². The lowest BCUT2D eigenvalue weighted by Gasteiger charge is -2.31. The lowest BCUT2D eigenvalue weighted by molar-refractivity contribution is -0.117. The molecule has 0 heterocycles. The third kappa shape index (κ3) is 5.84. The van der Waals surface area contributed by atoms with E-state index >= 15 is 0 Å². The van der Waals surface area contributed by atoms with Crippen LogP contribution in [0.15, 0.2) is 55.1 Å². The summed E-state index contributed by atoms with van der Waals surface area (Å²) in [4.78, 5) is 13.1. The highest BCUT2D eigenvalue weighted by Crippen LogP contribution is 2.28. The van der Waals surface area contributed by atoms with E-state index in [9.17, 15) is 13.2 Å². The van der Waals surface area contributed by atoms with Gasteiger partial charge in [0.15, 0.2) is 0 Å². The summed E-state index contributed by atoms with van der Waals surface area (Å²) in [5.74, 6) is 0.185. The highest BCUT2D eigenvalue weighted by Gasteiger charge is 2.32. The average molecular weight is 417 g/mol. The molecule has 0 aromatic heterocycles. The molecule has 0 saturated heterocycles. The first kappa shape index (κ1) is 22.5. The highest BCUT2D eigenvalue weighted by atomic mass is 32.2. The number of nitrogens with zero attached hydrogens (tertiary/aromatic N) is 1. The molecule has 7 heteroatoms. The summed E-state index contributed by atoms with van der Waals surface area (Å²) in [6.45, 7) is 9.47. The van der Waals surface area contributed by atoms with Crippen LogP contribution in [0.25, 0.3) is 0 Å². The number of carbonyl (C=O) groups excluding carboxylic acids is 1. The van der Waals surface area contributed by atoms with Gasteiger partial charge in [-0.05, 0) is 49.6 Å². The van der Waals surface area contributed by atoms with Crippen molar-refractivity contribution in [3.63, 3.8) is 0 Å². The first-order valence-electron chi connectivity index (χ1n) is 9.38. The summed E-state index contributed by atoms with van der Waals surface area (Å²) < 4.78 is 32.0. The molecule has 6 nitrogen and oxygen atoms in total. The number of benzene rings is 2. The molecule has 2 rings (SSSR count). The standard InChI is InChI=1S/C22H28N2O4S/c1-6-13-28-19-10-8-9-18(15-19)23-22(25)20(7-2)24(29(5,26)27)21-14-16(3)11-12-17(21)4/h6,8-12,14-15,20H,1,7,13H2,2-5H3,(H,23,25)/t20-/m1/s1. The molecule has 0 aliphatic carbocycles. The fourth-order valence-electron chi connectivity index (χ4n) is 3.04. The molecule has 2 aromatic carbocycles. The molecule has 156 valence electrons. The van der Waals surface area contributed by atoms with Gasteiger partial charge in [-0.15, -0.1) is 0 Å². The normalized spacial score (nSPS) is 12.1. The second kappa shape index (κ2) is 9.60. The number of sulfonamides is 1. The molecule has 0 spiro atoms. The summed E-state index contributed by atoms with van der Waals surface area (Å²) in [6.07, 6.45) is 3.07. The highest BCUT2D eigenvalue weighted by molar-refractivity contribution is 7.92. The molecule has 0 fully saturated rings. The molecule has 2 aromatic rings. The predicted molar refractivity (Wildman–Crippen MR) is 118 cm³/mol. The molecule has 1 atom stereocenters. The van der Waals surface area contributed by atoms with Crippen molar-refractivity contribution < 1.29 is 17.9 Å². The van der Waals surface area contributed by atoms with Gasteiger partial charge < -0.3 is 10.1 Å². The molecular formula is C22H28N2O4S. The van der Waals surface area contributed by atoms with Gasteiger partial charge in [-0.2, -0.15) is 0 Å². The first-order chi connectivity index (χ1) is 13.7. The number of rotatable bonds is 9. The molecule has 0 saturated carbocycles. The molecule has 1 N–H and O–H groups in total. The van der Waals surface area contributed by atoms with Gasteiger partial charge in [0, 0.05) is 11.8 Å². The summed E-state index contributed by atoms with van der Waals surface area (Å²) in [5, 5.41) is 2.82. The zero-order valence-electron chi connectivity index (χ0n) is 17.3. The van der Waals surface area contributed by atoms with Gasteiger partial charge in [-0.3, -0.25) is 9.10 Å². The number of hydrogen-bond donors (Lipinski definition) is 1. The van der Waals surface area contributed by atoms with Gasteiger partial charge in [0.1, 0.15) is 18.4 Å². The van der Waals surface area contributed by atoms with Crippen LogP contribution in [0.1, 0.15) is 24.5 Å². The topological polar surface area (TPSA) is 75.7 Å². The Kier molecular flexibility index (Phi) is 7.45. The minimum atomic E-state index is -3.69. The van der Waals surface area contributed by atoms with Crippen molar-refractivity contribution in [2.75, 3.05) is 22.5 Å². The van der Waals surface area contributed by atoms with Crippen LogP contribution < -0.4 is 14.4 Å². The van der Waals surface area contributed by atoms with Crippen LogP contribution >= 0.6 is 0 Å². The van der Waals surface area contributed by atoms with Crippen molar-refractivity contribution in [1.82, 2.24) is 0 Å². The van der Waals surface area contributed by atoms with Gasteiger partial charge in [0.05, 0.1) is 11.9 Å². The summed E-state index contributed by atoms with van der Waals surface area (Å²) in [5.41, 5.74) is 2.75. The lowest BCUT2D eigenvalue weighted by Crippen LogP contribution is -2.47.